The number of aromatic amines is 1. The Kier molecular flexibility index (Phi) is 6.01. The third kappa shape index (κ3) is 4.07. The molecule has 3 aromatic rings. The van der Waals surface area contributed by atoms with Crippen LogP contribution in [0.5, 0.6) is 0 Å². The minimum absolute atomic E-state index is 0.0134. The zero-order valence-electron chi connectivity index (χ0n) is 17.8. The summed E-state index contributed by atoms with van der Waals surface area (Å²) in [6.45, 7) is 3.43. The number of halogens is 2. The number of hydrogen-bond donors (Lipinski definition) is 1. The second-order valence-corrected chi connectivity index (χ2v) is 9.55. The monoisotopic (exact) mass is 472 g/mol. The van der Waals surface area contributed by atoms with E-state index in [9.17, 15) is 9.59 Å². The van der Waals surface area contributed by atoms with E-state index in [2.05, 4.69) is 9.88 Å². The third-order valence-electron chi connectivity index (χ3n) is 6.92. The normalized spacial score (nSPS) is 19.0. The maximum Gasteiger partial charge on any atom is 0.326 e. The minimum atomic E-state index is -0.0150. The van der Waals surface area contributed by atoms with Gasteiger partial charge in [-0.05, 0) is 56.0 Å². The van der Waals surface area contributed by atoms with Crippen LogP contribution in [-0.2, 0) is 0 Å². The Hall–Kier alpha value is -2.28. The predicted octanol–water partition coefficient (Wildman–Crippen LogP) is 4.58. The van der Waals surface area contributed by atoms with Crippen molar-refractivity contribution in [3.05, 3.63) is 68.6 Å². The predicted molar refractivity (Wildman–Crippen MR) is 128 cm³/mol. The number of imidazole rings is 1. The van der Waals surface area contributed by atoms with Crippen LogP contribution in [-0.4, -0.2) is 57.5 Å². The van der Waals surface area contributed by atoms with Gasteiger partial charge in [-0.1, -0.05) is 35.3 Å². The fourth-order valence-electron chi connectivity index (χ4n) is 5.19. The Morgan fingerprint density at radius 1 is 0.875 bits per heavy atom. The number of aromatic nitrogens is 2. The summed E-state index contributed by atoms with van der Waals surface area (Å²) >= 11 is 12.1. The highest BCUT2D eigenvalue weighted by molar-refractivity contribution is 6.42. The van der Waals surface area contributed by atoms with Gasteiger partial charge in [-0.15, -0.1) is 0 Å². The molecule has 2 aliphatic heterocycles. The molecule has 2 aromatic carbocycles. The van der Waals surface area contributed by atoms with Crippen molar-refractivity contribution in [1.29, 1.82) is 0 Å². The molecule has 6 nitrogen and oxygen atoms in total. The topological polar surface area (TPSA) is 61.3 Å². The smallest absolute Gasteiger partial charge is 0.326 e. The molecule has 0 saturated carbocycles. The molecule has 0 radical (unpaired) electrons. The molecule has 2 saturated heterocycles. The number of carbonyl (C=O) groups is 1. The lowest BCUT2D eigenvalue weighted by atomic mass is 9.97. The van der Waals surface area contributed by atoms with Crippen LogP contribution < -0.4 is 5.69 Å². The van der Waals surface area contributed by atoms with E-state index in [1.165, 1.54) is 0 Å². The third-order valence-corrected chi connectivity index (χ3v) is 7.66. The number of piperidine rings is 2. The zero-order valence-corrected chi connectivity index (χ0v) is 19.3. The maximum absolute atomic E-state index is 12.8. The quantitative estimate of drug-likeness (QED) is 0.606. The van der Waals surface area contributed by atoms with Gasteiger partial charge in [-0.2, -0.15) is 0 Å². The van der Waals surface area contributed by atoms with Crippen molar-refractivity contribution < 1.29 is 4.79 Å². The maximum atomic E-state index is 12.8. The number of para-hydroxylation sites is 2. The fourth-order valence-corrected chi connectivity index (χ4v) is 5.49. The summed E-state index contributed by atoms with van der Waals surface area (Å²) < 4.78 is 1.94. The number of fused-ring (bicyclic) bond motifs is 1. The summed E-state index contributed by atoms with van der Waals surface area (Å²) in [7, 11) is 0. The van der Waals surface area contributed by atoms with Crippen molar-refractivity contribution in [1.82, 2.24) is 19.4 Å². The minimum Gasteiger partial charge on any atom is -0.339 e. The Morgan fingerprint density at radius 3 is 2.28 bits per heavy atom. The fraction of sp³-hybridized carbons (Fsp3) is 0.417. The highest BCUT2D eigenvalue weighted by atomic mass is 35.5. The molecular formula is C24H26Cl2N4O2. The number of hydrogen-bond acceptors (Lipinski definition) is 3. The summed E-state index contributed by atoms with van der Waals surface area (Å²) in [5.74, 6) is 0.0134. The van der Waals surface area contributed by atoms with Gasteiger partial charge in [0.2, 0.25) is 0 Å². The molecule has 8 heteroatoms. The lowest BCUT2D eigenvalue weighted by Crippen LogP contribution is -2.49. The van der Waals surface area contributed by atoms with Gasteiger partial charge < -0.3 is 14.8 Å². The number of benzene rings is 2. The van der Waals surface area contributed by atoms with E-state index in [4.69, 9.17) is 23.2 Å². The summed E-state index contributed by atoms with van der Waals surface area (Å²) in [4.78, 5) is 32.8. The van der Waals surface area contributed by atoms with Gasteiger partial charge >= 0.3 is 5.69 Å². The lowest BCUT2D eigenvalue weighted by Gasteiger charge is -2.42. The van der Waals surface area contributed by atoms with Gasteiger partial charge in [0.15, 0.2) is 0 Å². The molecule has 0 atom stereocenters. The highest BCUT2D eigenvalue weighted by Crippen LogP contribution is 2.29. The number of amides is 1. The van der Waals surface area contributed by atoms with Crippen LogP contribution in [0.4, 0.5) is 0 Å². The molecule has 2 fully saturated rings. The molecule has 0 spiro atoms. The average Bonchev–Trinajstić information content (AvgIpc) is 3.16. The van der Waals surface area contributed by atoms with E-state index in [1.54, 1.807) is 18.2 Å². The summed E-state index contributed by atoms with van der Waals surface area (Å²) in [5.41, 5.74) is 2.46. The van der Waals surface area contributed by atoms with Crippen LogP contribution in [0, 0.1) is 0 Å². The SMILES string of the molecule is O=C(c1ccc(Cl)c(Cl)c1)N1CCC(N2CCC(n3c(=O)[nH]c4ccccc43)CC2)CC1. The molecule has 2 aliphatic rings. The molecule has 0 bridgehead atoms. The highest BCUT2D eigenvalue weighted by Gasteiger charge is 2.31. The van der Waals surface area contributed by atoms with Crippen molar-refractivity contribution in [2.45, 2.75) is 37.8 Å². The van der Waals surface area contributed by atoms with E-state index in [0.717, 1.165) is 62.9 Å². The molecule has 168 valence electrons. The molecule has 1 amide bonds. The average molecular weight is 473 g/mol. The summed E-state index contributed by atoms with van der Waals surface area (Å²) in [6, 6.07) is 13.7. The number of H-pyrrole nitrogens is 1. The van der Waals surface area contributed by atoms with Crippen molar-refractivity contribution in [3.63, 3.8) is 0 Å². The molecule has 5 rings (SSSR count). The van der Waals surface area contributed by atoms with Crippen LogP contribution in [0.25, 0.3) is 11.0 Å². The second-order valence-electron chi connectivity index (χ2n) is 8.74. The van der Waals surface area contributed by atoms with Crippen LogP contribution in [0.2, 0.25) is 10.0 Å². The van der Waals surface area contributed by atoms with Crippen molar-refractivity contribution in [3.8, 4) is 0 Å². The molecular weight excluding hydrogens is 447 g/mol. The van der Waals surface area contributed by atoms with E-state index < -0.39 is 0 Å². The van der Waals surface area contributed by atoms with E-state index in [1.807, 2.05) is 33.7 Å². The molecule has 3 heterocycles. The number of likely N-dealkylation sites (tertiary alicyclic amines) is 2. The van der Waals surface area contributed by atoms with Crippen LogP contribution in [0.3, 0.4) is 0 Å². The number of rotatable bonds is 3. The van der Waals surface area contributed by atoms with Crippen LogP contribution >= 0.6 is 23.2 Å². The number of nitrogens with one attached hydrogen (secondary N) is 1. The number of carbonyl (C=O) groups excluding carboxylic acids is 1. The Balaban J connectivity index is 1.18. The van der Waals surface area contributed by atoms with Crippen molar-refractivity contribution in [2.24, 2.45) is 0 Å². The largest absolute Gasteiger partial charge is 0.339 e. The van der Waals surface area contributed by atoms with E-state index in [0.29, 0.717) is 21.7 Å². The summed E-state index contributed by atoms with van der Waals surface area (Å²) in [5, 5.41) is 0.866. The summed E-state index contributed by atoms with van der Waals surface area (Å²) in [6.07, 6.45) is 3.85. The molecule has 0 unspecified atom stereocenters. The first-order chi connectivity index (χ1) is 15.5. The van der Waals surface area contributed by atoms with E-state index in [-0.39, 0.29) is 17.6 Å². The number of nitrogens with zero attached hydrogens (tertiary/aromatic N) is 3. The molecule has 32 heavy (non-hydrogen) atoms. The second kappa shape index (κ2) is 8.93. The Morgan fingerprint density at radius 2 is 1.56 bits per heavy atom. The van der Waals surface area contributed by atoms with Crippen molar-refractivity contribution in [2.75, 3.05) is 26.2 Å². The first kappa shape index (κ1) is 21.6. The van der Waals surface area contributed by atoms with Gasteiger partial charge in [0.25, 0.3) is 5.91 Å². The van der Waals surface area contributed by atoms with Gasteiger partial charge in [0.1, 0.15) is 0 Å². The van der Waals surface area contributed by atoms with Gasteiger partial charge in [0, 0.05) is 43.8 Å². The van der Waals surface area contributed by atoms with Gasteiger partial charge in [-0.3, -0.25) is 9.36 Å². The Bertz CT molecular complexity index is 1190. The van der Waals surface area contributed by atoms with Crippen LogP contribution in [0.15, 0.2) is 47.3 Å². The Labute approximate surface area is 196 Å². The van der Waals surface area contributed by atoms with Gasteiger partial charge in [0.05, 0.1) is 21.1 Å². The van der Waals surface area contributed by atoms with Crippen LogP contribution in [0.1, 0.15) is 42.1 Å². The van der Waals surface area contributed by atoms with E-state index >= 15 is 0 Å². The molecule has 0 aliphatic carbocycles. The van der Waals surface area contributed by atoms with Crippen molar-refractivity contribution >= 4 is 40.1 Å². The standard InChI is InChI=1S/C24H26Cl2N4O2/c25-19-6-5-16(15-20(19)26)23(31)29-13-7-17(8-14-29)28-11-9-18(10-12-28)30-22-4-2-1-3-21(22)27-24(30)32/h1-6,15,17-18H,7-14H2,(H,27,32). The zero-order chi connectivity index (χ0) is 22.2. The first-order valence-corrected chi connectivity index (χ1v) is 11.9. The molecule has 1 aromatic heterocycles. The molecule has 1 N–H and O–H groups in total. The van der Waals surface area contributed by atoms with Gasteiger partial charge in [-0.25, -0.2) is 4.79 Å². The first-order valence-electron chi connectivity index (χ1n) is 11.2. The lowest BCUT2D eigenvalue weighted by molar-refractivity contribution is 0.0558.